The fourth-order valence-electron chi connectivity index (χ4n) is 4.37. The van der Waals surface area contributed by atoms with Gasteiger partial charge in [-0.1, -0.05) is 130 Å². The minimum atomic E-state index is 1.06. The lowest BCUT2D eigenvalue weighted by Crippen LogP contribution is -1.99. The van der Waals surface area contributed by atoms with Crippen molar-refractivity contribution in [3.63, 3.8) is 0 Å². The quantitative estimate of drug-likeness (QED) is 0.290. The Bertz CT molecular complexity index is 1350. The summed E-state index contributed by atoms with van der Waals surface area (Å²) in [5.41, 5.74) is 8.83. The van der Waals surface area contributed by atoms with Gasteiger partial charge in [-0.15, -0.1) is 0 Å². The maximum absolute atomic E-state index is 4.20. The standard InChI is InChI=1S/C34H32/c1-7-13-19-25(10-4)28-22-23-31-32(24-28)34(27-20-15-14-16-21-27)30(12-6)29(11-5)33(31)26(17-8-2)18-9-3/h7-24H,2,4-6H2,1,3H3/b13-7-,18-9-,25-19+,26-17+. The first kappa shape index (κ1) is 24.5. The highest BCUT2D eigenvalue weighted by Gasteiger charge is 2.19. The molecule has 34 heavy (non-hydrogen) atoms. The zero-order valence-corrected chi connectivity index (χ0v) is 20.2. The van der Waals surface area contributed by atoms with Crippen LogP contribution in [-0.4, -0.2) is 0 Å². The first-order valence-corrected chi connectivity index (χ1v) is 11.5. The zero-order chi connectivity index (χ0) is 24.5. The Morgan fingerprint density at radius 1 is 0.735 bits per heavy atom. The third-order valence-corrected chi connectivity index (χ3v) is 5.81. The number of benzene rings is 3. The van der Waals surface area contributed by atoms with Gasteiger partial charge in [0.2, 0.25) is 0 Å². The topological polar surface area (TPSA) is 0 Å². The summed E-state index contributed by atoms with van der Waals surface area (Å²) in [5.74, 6) is 0. The van der Waals surface area contributed by atoms with Gasteiger partial charge in [-0.3, -0.25) is 0 Å². The van der Waals surface area contributed by atoms with Gasteiger partial charge in [0.05, 0.1) is 0 Å². The van der Waals surface area contributed by atoms with Crippen molar-refractivity contribution < 1.29 is 0 Å². The Kier molecular flexibility index (Phi) is 8.37. The van der Waals surface area contributed by atoms with Crippen molar-refractivity contribution in [1.29, 1.82) is 0 Å². The van der Waals surface area contributed by atoms with Gasteiger partial charge in [0.15, 0.2) is 0 Å². The van der Waals surface area contributed by atoms with E-state index in [9.17, 15) is 0 Å². The number of fused-ring (bicyclic) bond motifs is 1. The summed E-state index contributed by atoms with van der Waals surface area (Å²) in [7, 11) is 0. The van der Waals surface area contributed by atoms with E-state index in [2.05, 4.69) is 87.0 Å². The van der Waals surface area contributed by atoms with Gasteiger partial charge in [0.1, 0.15) is 0 Å². The van der Waals surface area contributed by atoms with Gasteiger partial charge in [-0.05, 0) is 75.2 Å². The summed E-state index contributed by atoms with van der Waals surface area (Å²) in [6.07, 6.45) is 20.0. The van der Waals surface area contributed by atoms with Gasteiger partial charge in [0.25, 0.3) is 0 Å². The number of allylic oxidation sites excluding steroid dienone is 10. The van der Waals surface area contributed by atoms with E-state index < -0.39 is 0 Å². The van der Waals surface area contributed by atoms with Gasteiger partial charge >= 0.3 is 0 Å². The van der Waals surface area contributed by atoms with E-state index in [0.717, 1.165) is 55.3 Å². The van der Waals surface area contributed by atoms with Crippen molar-refractivity contribution >= 4 is 34.1 Å². The van der Waals surface area contributed by atoms with Crippen LogP contribution in [0.4, 0.5) is 0 Å². The minimum absolute atomic E-state index is 1.06. The predicted octanol–water partition coefficient (Wildman–Crippen LogP) is 10.1. The van der Waals surface area contributed by atoms with Crippen LogP contribution < -0.4 is 0 Å². The van der Waals surface area contributed by atoms with Crippen molar-refractivity contribution in [1.82, 2.24) is 0 Å². The molecule has 0 saturated carbocycles. The van der Waals surface area contributed by atoms with Crippen LogP contribution in [0.3, 0.4) is 0 Å². The first-order valence-electron chi connectivity index (χ1n) is 11.5. The lowest BCUT2D eigenvalue weighted by atomic mass is 9.82. The van der Waals surface area contributed by atoms with Gasteiger partial charge in [-0.25, -0.2) is 0 Å². The molecule has 0 amide bonds. The molecule has 0 aliphatic carbocycles. The summed E-state index contributed by atoms with van der Waals surface area (Å²) < 4.78 is 0. The van der Waals surface area contributed by atoms with Gasteiger partial charge in [-0.2, -0.15) is 0 Å². The summed E-state index contributed by atoms with van der Waals surface area (Å²) >= 11 is 0. The number of rotatable bonds is 9. The highest BCUT2D eigenvalue weighted by atomic mass is 14.2. The second-order valence-corrected chi connectivity index (χ2v) is 7.82. The molecule has 3 aromatic carbocycles. The summed E-state index contributed by atoms with van der Waals surface area (Å²) in [6.45, 7) is 20.4. The monoisotopic (exact) mass is 440 g/mol. The smallest absolute Gasteiger partial charge is 0.00264 e. The molecule has 0 bridgehead atoms. The maximum Gasteiger partial charge on any atom is -0.00264 e. The predicted molar refractivity (Wildman–Crippen MR) is 156 cm³/mol. The van der Waals surface area contributed by atoms with E-state index in [1.54, 1.807) is 0 Å². The highest BCUT2D eigenvalue weighted by Crippen LogP contribution is 2.42. The minimum Gasteiger partial charge on any atom is -0.0990 e. The van der Waals surface area contributed by atoms with Crippen LogP contribution in [0, 0.1) is 0 Å². The Labute approximate surface area is 204 Å². The molecule has 0 atom stereocenters. The molecule has 0 aliphatic heterocycles. The van der Waals surface area contributed by atoms with Crippen LogP contribution in [0.2, 0.25) is 0 Å². The third kappa shape index (κ3) is 4.77. The molecule has 0 fully saturated rings. The maximum atomic E-state index is 4.20. The lowest BCUT2D eigenvalue weighted by Gasteiger charge is -2.21. The Morgan fingerprint density at radius 3 is 2.06 bits per heavy atom. The molecule has 0 spiro atoms. The van der Waals surface area contributed by atoms with Gasteiger partial charge in [0, 0.05) is 0 Å². The molecule has 168 valence electrons. The van der Waals surface area contributed by atoms with E-state index in [1.165, 1.54) is 0 Å². The van der Waals surface area contributed by atoms with E-state index in [0.29, 0.717) is 0 Å². The molecule has 0 N–H and O–H groups in total. The molecule has 0 aliphatic rings. The van der Waals surface area contributed by atoms with Crippen LogP contribution in [0.25, 0.3) is 45.2 Å². The summed E-state index contributed by atoms with van der Waals surface area (Å²) in [6, 6.07) is 17.1. The van der Waals surface area contributed by atoms with Crippen molar-refractivity contribution in [3.8, 4) is 11.1 Å². The summed E-state index contributed by atoms with van der Waals surface area (Å²) in [4.78, 5) is 0. The van der Waals surface area contributed by atoms with Crippen LogP contribution in [0.5, 0.6) is 0 Å². The van der Waals surface area contributed by atoms with Gasteiger partial charge < -0.3 is 0 Å². The Hall–Kier alpha value is -4.16. The van der Waals surface area contributed by atoms with E-state index in [4.69, 9.17) is 0 Å². The largest absolute Gasteiger partial charge is 0.0990 e. The molecular formula is C34H32. The van der Waals surface area contributed by atoms with Crippen LogP contribution in [0.15, 0.2) is 123 Å². The molecule has 0 heteroatoms. The second-order valence-electron chi connectivity index (χ2n) is 7.82. The molecule has 3 aromatic rings. The SMILES string of the molecule is C=C/C=C(\C=C/C)c1c(C=C)c(C=C)c(-c2ccccc2)c2cc(/C(C=C)=C/C=C\C)ccc12. The molecule has 0 radical (unpaired) electrons. The number of hydrogen-bond donors (Lipinski definition) is 0. The molecule has 0 nitrogen and oxygen atoms in total. The second kappa shape index (κ2) is 11.6. The molecule has 0 heterocycles. The van der Waals surface area contributed by atoms with Crippen LogP contribution >= 0.6 is 0 Å². The third-order valence-electron chi connectivity index (χ3n) is 5.81. The lowest BCUT2D eigenvalue weighted by molar-refractivity contribution is 1.55. The van der Waals surface area contributed by atoms with E-state index in [-0.39, 0.29) is 0 Å². The Balaban J connectivity index is 2.60. The van der Waals surface area contributed by atoms with Crippen LogP contribution in [-0.2, 0) is 0 Å². The average Bonchev–Trinajstić information content (AvgIpc) is 2.87. The first-order chi connectivity index (χ1) is 16.6. The molecule has 0 saturated heterocycles. The molecular weight excluding hydrogens is 408 g/mol. The van der Waals surface area contributed by atoms with Crippen LogP contribution in [0.1, 0.15) is 36.1 Å². The van der Waals surface area contributed by atoms with Crippen molar-refractivity contribution in [2.75, 3.05) is 0 Å². The zero-order valence-electron chi connectivity index (χ0n) is 20.2. The van der Waals surface area contributed by atoms with E-state index in [1.807, 2.05) is 62.4 Å². The highest BCUT2D eigenvalue weighted by molar-refractivity contribution is 6.11. The Morgan fingerprint density at radius 2 is 1.47 bits per heavy atom. The van der Waals surface area contributed by atoms with E-state index >= 15 is 0 Å². The number of hydrogen-bond acceptors (Lipinski definition) is 0. The van der Waals surface area contributed by atoms with Crippen molar-refractivity contribution in [3.05, 3.63) is 146 Å². The fourth-order valence-corrected chi connectivity index (χ4v) is 4.37. The molecule has 0 aromatic heterocycles. The molecule has 0 unspecified atom stereocenters. The van der Waals surface area contributed by atoms with Crippen molar-refractivity contribution in [2.24, 2.45) is 0 Å². The van der Waals surface area contributed by atoms with Crippen molar-refractivity contribution in [2.45, 2.75) is 13.8 Å². The fraction of sp³-hybridized carbons (Fsp3) is 0.0588. The average molecular weight is 441 g/mol. The normalized spacial score (nSPS) is 12.4. The molecule has 3 rings (SSSR count). The summed E-state index contributed by atoms with van der Waals surface area (Å²) in [5, 5.41) is 2.32.